The Labute approximate surface area is 294 Å². The van der Waals surface area contributed by atoms with Crippen molar-refractivity contribution in [3.05, 3.63) is 65.0 Å². The number of benzene rings is 1. The number of likely N-dealkylation sites (tertiary alicyclic amines) is 1. The Kier molecular flexibility index (Phi) is 15.1. The zero-order valence-electron chi connectivity index (χ0n) is 29.5. The van der Waals surface area contributed by atoms with Crippen molar-refractivity contribution >= 4 is 51.7 Å². The summed E-state index contributed by atoms with van der Waals surface area (Å²) >= 11 is 6.09. The van der Waals surface area contributed by atoms with Gasteiger partial charge in [0.1, 0.15) is 17.2 Å². The zero-order chi connectivity index (χ0) is 36.0. The highest BCUT2D eigenvalue weighted by molar-refractivity contribution is 6.30. The van der Waals surface area contributed by atoms with E-state index < -0.39 is 11.4 Å². The van der Waals surface area contributed by atoms with Gasteiger partial charge >= 0.3 is 6.09 Å². The van der Waals surface area contributed by atoms with Crippen LogP contribution >= 0.6 is 11.6 Å². The first-order valence-electron chi connectivity index (χ1n) is 17.2. The van der Waals surface area contributed by atoms with Crippen molar-refractivity contribution in [3.63, 3.8) is 0 Å². The summed E-state index contributed by atoms with van der Waals surface area (Å²) in [6, 6.07) is 9.59. The van der Waals surface area contributed by atoms with Crippen molar-refractivity contribution in [2.45, 2.75) is 79.1 Å². The first-order valence-corrected chi connectivity index (χ1v) is 17.6. The van der Waals surface area contributed by atoms with Crippen LogP contribution in [0.5, 0.6) is 0 Å². The largest absolute Gasteiger partial charge is 0.462 e. The fraction of sp³-hybridized carbons (Fsp3) is 0.474. The predicted molar refractivity (Wildman–Crippen MR) is 196 cm³/mol. The van der Waals surface area contributed by atoms with Crippen molar-refractivity contribution < 1.29 is 23.4 Å². The molecule has 1 amide bonds. The fourth-order valence-corrected chi connectivity index (χ4v) is 6.24. The lowest BCUT2D eigenvalue weighted by Crippen LogP contribution is -2.50. The molecule has 9 nitrogen and oxygen atoms in total. The van der Waals surface area contributed by atoms with Gasteiger partial charge in [-0.15, -0.1) is 0 Å². The standard InChI is InChI=1S/C32H35ClFN5O3.C2H2O.2C2H6/c1-21-20-39(16-13-32(21,2)24-18-22(33)19-35-29(24)34)31(40)41-17-9-3-4-12-26-36-27-23-10-5-6-11-25(23)42-28(27)30(37-26)38-14-7-8-15-38;1-2-3;2*1-2/h4-6,10-12,18-19,21H,3,7-9,13-17,20H2,1-2H3;1,3H;2*1-2H3/b12-4+;;;. The first-order chi connectivity index (χ1) is 23.7. The summed E-state index contributed by atoms with van der Waals surface area (Å²) in [6.07, 6.45) is 14.6. The Bertz CT molecular complexity index is 1730. The van der Waals surface area contributed by atoms with E-state index in [2.05, 4.69) is 16.3 Å². The summed E-state index contributed by atoms with van der Waals surface area (Å²) in [6.45, 7) is 15.2. The second-order valence-electron chi connectivity index (χ2n) is 11.7. The molecule has 2 aliphatic rings. The number of rotatable bonds is 7. The molecule has 6 rings (SSSR count). The van der Waals surface area contributed by atoms with E-state index in [9.17, 15) is 9.18 Å². The zero-order valence-corrected chi connectivity index (χ0v) is 30.3. The number of para-hydroxylation sites is 1. The van der Waals surface area contributed by atoms with Crippen molar-refractivity contribution in [3.8, 4) is 12.5 Å². The maximum atomic E-state index is 14.5. The number of anilines is 1. The number of aromatic nitrogens is 3. The number of carbonyl (C=O) groups is 1. The quantitative estimate of drug-likeness (QED) is 0.116. The van der Waals surface area contributed by atoms with Gasteiger partial charge in [0.25, 0.3) is 0 Å². The number of halogens is 2. The Morgan fingerprint density at radius 2 is 1.90 bits per heavy atom. The predicted octanol–water partition coefficient (Wildman–Crippen LogP) is 9.40. The SMILES string of the molecule is C#CO.CC.CC.CC1CN(C(=O)OCCC/C=C/c2nc(N3CCCC3)c3oc4ccccc4c3n2)CCC1(C)c1cc(Cl)cnc1F. The van der Waals surface area contributed by atoms with E-state index in [1.807, 2.05) is 78.0 Å². The van der Waals surface area contributed by atoms with Crippen LogP contribution in [0.1, 0.15) is 85.0 Å². The number of ether oxygens (including phenoxy) is 1. The van der Waals surface area contributed by atoms with Crippen molar-refractivity contribution in [1.82, 2.24) is 19.9 Å². The topological polar surface area (TPSA) is 105 Å². The second-order valence-corrected chi connectivity index (χ2v) is 12.1. The number of aliphatic hydroxyl groups excluding tert-OH is 1. The molecule has 49 heavy (non-hydrogen) atoms. The minimum Gasteiger partial charge on any atom is -0.462 e. The minimum absolute atomic E-state index is 0.00615. The normalized spacial score (nSPS) is 18.6. The summed E-state index contributed by atoms with van der Waals surface area (Å²) in [5.74, 6) is 0.994. The molecule has 5 heterocycles. The summed E-state index contributed by atoms with van der Waals surface area (Å²) in [4.78, 5) is 30.2. The highest BCUT2D eigenvalue weighted by atomic mass is 35.5. The molecule has 2 aliphatic heterocycles. The smallest absolute Gasteiger partial charge is 0.409 e. The molecule has 0 saturated carbocycles. The Morgan fingerprint density at radius 3 is 2.59 bits per heavy atom. The monoisotopic (exact) mass is 693 g/mol. The molecule has 2 fully saturated rings. The molecule has 2 unspecified atom stereocenters. The van der Waals surface area contributed by atoms with Crippen LogP contribution in [0, 0.1) is 24.4 Å². The molecule has 1 aromatic carbocycles. The first kappa shape index (κ1) is 39.1. The lowest BCUT2D eigenvalue weighted by atomic mass is 9.68. The highest BCUT2D eigenvalue weighted by Gasteiger charge is 2.41. The summed E-state index contributed by atoms with van der Waals surface area (Å²) in [7, 11) is 0. The third-order valence-electron chi connectivity index (χ3n) is 8.79. The number of aliphatic hydroxyl groups is 1. The van der Waals surface area contributed by atoms with Crippen molar-refractivity contribution in [2.24, 2.45) is 5.92 Å². The Hall–Kier alpha value is -4.36. The van der Waals surface area contributed by atoms with E-state index in [1.54, 1.807) is 11.0 Å². The van der Waals surface area contributed by atoms with Gasteiger partial charge in [0, 0.05) is 48.7 Å². The van der Waals surface area contributed by atoms with Gasteiger partial charge in [0.2, 0.25) is 5.95 Å². The van der Waals surface area contributed by atoms with E-state index >= 15 is 0 Å². The van der Waals surface area contributed by atoms with Crippen LogP contribution in [0.2, 0.25) is 5.02 Å². The number of fused-ring (bicyclic) bond motifs is 3. The average molecular weight is 694 g/mol. The molecule has 0 aliphatic carbocycles. The maximum Gasteiger partial charge on any atom is 0.409 e. The molecule has 0 radical (unpaired) electrons. The van der Waals surface area contributed by atoms with Crippen LogP contribution in [-0.2, 0) is 10.2 Å². The molecule has 1 N–H and O–H groups in total. The number of nitrogens with zero attached hydrogens (tertiary/aromatic N) is 5. The van der Waals surface area contributed by atoms with Gasteiger partial charge in [0.15, 0.2) is 17.2 Å². The molecule has 11 heteroatoms. The van der Waals surface area contributed by atoms with Crippen molar-refractivity contribution in [1.29, 1.82) is 0 Å². The molecule has 0 spiro atoms. The third kappa shape index (κ3) is 9.42. The molecule has 2 saturated heterocycles. The fourth-order valence-electron chi connectivity index (χ4n) is 6.08. The van der Waals surface area contributed by atoms with Crippen LogP contribution in [0.3, 0.4) is 0 Å². The van der Waals surface area contributed by atoms with Crippen LogP contribution in [0.15, 0.2) is 47.0 Å². The summed E-state index contributed by atoms with van der Waals surface area (Å²) in [5.41, 5.74) is 2.41. The summed E-state index contributed by atoms with van der Waals surface area (Å²) in [5, 5.41) is 8.49. The number of unbranched alkanes of at least 4 members (excludes halogenated alkanes) is 1. The van der Waals surface area contributed by atoms with Gasteiger partial charge in [-0.3, -0.25) is 0 Å². The minimum atomic E-state index is -0.506. The van der Waals surface area contributed by atoms with Crippen LogP contribution in [0.25, 0.3) is 28.1 Å². The van der Waals surface area contributed by atoms with Gasteiger partial charge in [-0.05, 0) is 62.3 Å². The van der Waals surface area contributed by atoms with Crippen LogP contribution < -0.4 is 4.90 Å². The van der Waals surface area contributed by atoms with Crippen LogP contribution in [0.4, 0.5) is 15.0 Å². The average Bonchev–Trinajstić information content (AvgIpc) is 3.79. The van der Waals surface area contributed by atoms with E-state index in [0.29, 0.717) is 48.9 Å². The summed E-state index contributed by atoms with van der Waals surface area (Å²) < 4.78 is 26.3. The van der Waals surface area contributed by atoms with Crippen LogP contribution in [-0.4, -0.2) is 63.8 Å². The Morgan fingerprint density at radius 1 is 1.20 bits per heavy atom. The van der Waals surface area contributed by atoms with Gasteiger partial charge in [-0.25, -0.2) is 19.7 Å². The van der Waals surface area contributed by atoms with Gasteiger partial charge in [0.05, 0.1) is 11.6 Å². The molecule has 264 valence electrons. The lowest BCUT2D eigenvalue weighted by Gasteiger charge is -2.44. The molecule has 2 atom stereocenters. The van der Waals surface area contributed by atoms with Gasteiger partial charge < -0.3 is 24.1 Å². The number of hydrogen-bond donors (Lipinski definition) is 1. The molecular formula is C38H49ClFN5O4. The number of terminal acetylenes is 1. The van der Waals surface area contributed by atoms with E-state index in [4.69, 9.17) is 35.8 Å². The molecule has 0 bridgehead atoms. The third-order valence-corrected chi connectivity index (χ3v) is 9.00. The van der Waals surface area contributed by atoms with Gasteiger partial charge in [-0.2, -0.15) is 4.39 Å². The highest BCUT2D eigenvalue weighted by Crippen LogP contribution is 2.41. The van der Waals surface area contributed by atoms with E-state index in [0.717, 1.165) is 60.2 Å². The molecular weight excluding hydrogens is 645 g/mol. The second kappa shape index (κ2) is 19.0. The number of furan rings is 1. The number of amides is 1. The maximum absolute atomic E-state index is 14.5. The number of hydrogen-bond acceptors (Lipinski definition) is 8. The van der Waals surface area contributed by atoms with Crippen molar-refractivity contribution in [2.75, 3.05) is 37.7 Å². The molecule has 4 aromatic rings. The Balaban J connectivity index is 0.000000867. The van der Waals surface area contributed by atoms with E-state index in [1.165, 1.54) is 12.3 Å². The lowest BCUT2D eigenvalue weighted by molar-refractivity contribution is 0.0645. The van der Waals surface area contributed by atoms with Gasteiger partial charge in [-0.1, -0.05) is 77.8 Å². The number of allylic oxidation sites excluding steroid dienone is 1. The molecule has 3 aromatic heterocycles. The number of piperidine rings is 1. The van der Waals surface area contributed by atoms with E-state index in [-0.39, 0.29) is 12.0 Å². The number of carbonyl (C=O) groups excluding carboxylic acids is 1. The number of pyridine rings is 1.